The molecular weight excluding hydrogens is 256 g/mol. The highest BCUT2D eigenvalue weighted by molar-refractivity contribution is 8.06. The quantitative estimate of drug-likeness (QED) is 0.435. The van der Waals surface area contributed by atoms with Gasteiger partial charge in [-0.2, -0.15) is 0 Å². The molecule has 4 atom stereocenters. The van der Waals surface area contributed by atoms with Gasteiger partial charge in [0.2, 0.25) is 12.6 Å². The molecule has 0 aromatic rings. The molecule has 2 rings (SSSR count). The molecule has 0 radical (unpaired) electrons. The van der Waals surface area contributed by atoms with E-state index in [0.29, 0.717) is 24.7 Å². The highest BCUT2D eigenvalue weighted by Gasteiger charge is 2.20. The molecule has 2 saturated heterocycles. The Labute approximate surface area is 102 Å². The van der Waals surface area contributed by atoms with Crippen LogP contribution in [-0.2, 0) is 9.47 Å². The van der Waals surface area contributed by atoms with Gasteiger partial charge >= 0.3 is 0 Å². The molecular formula is C8H16O6S2. The van der Waals surface area contributed by atoms with Gasteiger partial charge < -0.3 is 29.9 Å². The van der Waals surface area contributed by atoms with Crippen molar-refractivity contribution in [3.8, 4) is 0 Å². The molecule has 0 aromatic carbocycles. The van der Waals surface area contributed by atoms with Crippen LogP contribution in [0.5, 0.6) is 0 Å². The summed E-state index contributed by atoms with van der Waals surface area (Å²) in [6, 6.07) is 0. The number of thioether (sulfide) groups is 2. The van der Waals surface area contributed by atoms with Crippen LogP contribution in [0.4, 0.5) is 0 Å². The summed E-state index contributed by atoms with van der Waals surface area (Å²) in [5, 5.41) is 34.9. The molecule has 4 N–H and O–H groups in total. The summed E-state index contributed by atoms with van der Waals surface area (Å²) in [5.41, 5.74) is -0.521. The topological polar surface area (TPSA) is 99.4 Å². The summed E-state index contributed by atoms with van der Waals surface area (Å²) >= 11 is 2.82. The number of ether oxygens (including phenoxy) is 2. The van der Waals surface area contributed by atoms with Crippen LogP contribution < -0.4 is 0 Å². The first kappa shape index (κ1) is 14.5. The molecule has 2 heterocycles. The third kappa shape index (κ3) is 5.69. The van der Waals surface area contributed by atoms with Gasteiger partial charge in [-0.3, -0.25) is 0 Å². The Morgan fingerprint density at radius 1 is 0.750 bits per heavy atom. The van der Waals surface area contributed by atoms with Crippen LogP contribution in [0.1, 0.15) is 0 Å². The maximum absolute atomic E-state index is 8.86. The van der Waals surface area contributed by atoms with E-state index in [9.17, 15) is 0 Å². The SMILES string of the molecule is OC1CSC(O)CS1.OC1OCCOC1O. The van der Waals surface area contributed by atoms with Crippen molar-refractivity contribution in [1.82, 2.24) is 0 Å². The predicted octanol–water partition coefficient (Wildman–Crippen LogP) is -1.23. The Balaban J connectivity index is 0.000000160. The fraction of sp³-hybridized carbons (Fsp3) is 1.00. The van der Waals surface area contributed by atoms with E-state index in [1.165, 1.54) is 23.5 Å². The van der Waals surface area contributed by atoms with Crippen LogP contribution in [0.2, 0.25) is 0 Å². The smallest absolute Gasteiger partial charge is 0.206 e. The summed E-state index contributed by atoms with van der Waals surface area (Å²) in [6.45, 7) is 0.691. The van der Waals surface area contributed by atoms with Crippen LogP contribution in [0.3, 0.4) is 0 Å². The van der Waals surface area contributed by atoms with Gasteiger partial charge in [0.15, 0.2) is 0 Å². The van der Waals surface area contributed by atoms with E-state index in [0.717, 1.165) is 0 Å². The van der Waals surface area contributed by atoms with Crippen molar-refractivity contribution >= 4 is 23.5 Å². The molecule has 4 unspecified atom stereocenters. The molecule has 0 saturated carbocycles. The largest absolute Gasteiger partial charge is 0.382 e. The Hall–Kier alpha value is 0.460. The van der Waals surface area contributed by atoms with E-state index in [1.807, 2.05) is 0 Å². The van der Waals surface area contributed by atoms with E-state index >= 15 is 0 Å². The van der Waals surface area contributed by atoms with Crippen molar-refractivity contribution in [2.75, 3.05) is 24.7 Å². The van der Waals surface area contributed by atoms with Gasteiger partial charge in [-0.25, -0.2) is 0 Å². The van der Waals surface area contributed by atoms with E-state index < -0.39 is 12.6 Å². The van der Waals surface area contributed by atoms with Crippen LogP contribution in [-0.4, -0.2) is 68.6 Å². The molecule has 0 aromatic heterocycles. The number of aliphatic hydroxyl groups excluding tert-OH is 4. The van der Waals surface area contributed by atoms with Gasteiger partial charge in [-0.1, -0.05) is 0 Å². The maximum Gasteiger partial charge on any atom is 0.206 e. The fourth-order valence-corrected chi connectivity index (χ4v) is 3.00. The van der Waals surface area contributed by atoms with E-state index in [2.05, 4.69) is 9.47 Å². The zero-order chi connectivity index (χ0) is 12.0. The van der Waals surface area contributed by atoms with Gasteiger partial charge in [0, 0.05) is 11.5 Å². The van der Waals surface area contributed by atoms with Crippen molar-refractivity contribution < 1.29 is 29.9 Å². The first-order valence-corrected chi connectivity index (χ1v) is 6.88. The predicted molar refractivity (Wildman–Crippen MR) is 60.8 cm³/mol. The summed E-state index contributed by atoms with van der Waals surface area (Å²) in [4.78, 5) is 0. The zero-order valence-electron chi connectivity index (χ0n) is 8.56. The summed E-state index contributed by atoms with van der Waals surface area (Å²) < 4.78 is 9.14. The lowest BCUT2D eigenvalue weighted by Crippen LogP contribution is -2.37. The monoisotopic (exact) mass is 272 g/mol. The normalized spacial score (nSPS) is 39.8. The summed E-state index contributed by atoms with van der Waals surface area (Å²) in [6.07, 6.45) is -2.33. The second-order valence-corrected chi connectivity index (χ2v) is 5.52. The van der Waals surface area contributed by atoms with Crippen LogP contribution in [0.15, 0.2) is 0 Å². The van der Waals surface area contributed by atoms with Gasteiger partial charge in [0.05, 0.1) is 13.2 Å². The second-order valence-electron chi connectivity index (χ2n) is 3.10. The molecule has 16 heavy (non-hydrogen) atoms. The van der Waals surface area contributed by atoms with Crippen molar-refractivity contribution in [3.63, 3.8) is 0 Å². The number of rotatable bonds is 0. The fourth-order valence-electron chi connectivity index (χ4n) is 0.985. The maximum atomic E-state index is 8.86. The Kier molecular flexibility index (Phi) is 7.01. The Morgan fingerprint density at radius 3 is 1.38 bits per heavy atom. The van der Waals surface area contributed by atoms with Gasteiger partial charge in [-0.15, -0.1) is 23.5 Å². The van der Waals surface area contributed by atoms with Gasteiger partial charge in [0.1, 0.15) is 10.9 Å². The van der Waals surface area contributed by atoms with Crippen molar-refractivity contribution in [2.24, 2.45) is 0 Å². The molecule has 0 amide bonds. The van der Waals surface area contributed by atoms with E-state index in [-0.39, 0.29) is 10.9 Å². The average molecular weight is 272 g/mol. The lowest BCUT2D eigenvalue weighted by Gasteiger charge is -2.23. The van der Waals surface area contributed by atoms with Gasteiger partial charge in [0.25, 0.3) is 0 Å². The standard InChI is InChI=1S/C4H8O4.C4H8O2S2/c5-3-4(6)8-2-1-7-3;5-3-1-7-4(6)2-8-3/h2*3-6H,1-2H2. The Morgan fingerprint density at radius 2 is 1.12 bits per heavy atom. The molecule has 6 nitrogen and oxygen atoms in total. The first-order valence-electron chi connectivity index (χ1n) is 4.78. The first-order chi connectivity index (χ1) is 7.59. The van der Waals surface area contributed by atoms with E-state index in [4.69, 9.17) is 20.4 Å². The highest BCUT2D eigenvalue weighted by atomic mass is 32.2. The number of aliphatic hydroxyl groups is 4. The minimum atomic E-state index is -1.16. The third-order valence-corrected chi connectivity index (χ3v) is 4.31. The molecule has 0 spiro atoms. The van der Waals surface area contributed by atoms with E-state index in [1.54, 1.807) is 0 Å². The Bertz CT molecular complexity index is 167. The highest BCUT2D eigenvalue weighted by Crippen LogP contribution is 2.26. The lowest BCUT2D eigenvalue weighted by molar-refractivity contribution is -0.291. The second kappa shape index (κ2) is 7.72. The third-order valence-electron chi connectivity index (χ3n) is 1.77. The van der Waals surface area contributed by atoms with Crippen LogP contribution in [0.25, 0.3) is 0 Å². The lowest BCUT2D eigenvalue weighted by atomic mass is 10.5. The van der Waals surface area contributed by atoms with Gasteiger partial charge in [-0.05, 0) is 0 Å². The van der Waals surface area contributed by atoms with Crippen molar-refractivity contribution in [3.05, 3.63) is 0 Å². The molecule has 96 valence electrons. The van der Waals surface area contributed by atoms with Crippen molar-refractivity contribution in [1.29, 1.82) is 0 Å². The van der Waals surface area contributed by atoms with Crippen molar-refractivity contribution in [2.45, 2.75) is 23.5 Å². The minimum Gasteiger partial charge on any atom is -0.382 e. The summed E-state index contributed by atoms with van der Waals surface area (Å²) in [5.74, 6) is 1.32. The molecule has 2 fully saturated rings. The minimum absolute atomic E-state index is 0.261. The molecule has 0 bridgehead atoms. The molecule has 2 aliphatic heterocycles. The zero-order valence-corrected chi connectivity index (χ0v) is 10.2. The van der Waals surface area contributed by atoms with Crippen LogP contribution in [0, 0.1) is 0 Å². The number of hydrogen-bond donors (Lipinski definition) is 4. The molecule has 8 heteroatoms. The van der Waals surface area contributed by atoms with Crippen LogP contribution >= 0.6 is 23.5 Å². The molecule has 2 aliphatic rings. The summed E-state index contributed by atoms with van der Waals surface area (Å²) in [7, 11) is 0. The molecule has 0 aliphatic carbocycles. The number of hydrogen-bond acceptors (Lipinski definition) is 8. The average Bonchev–Trinajstić information content (AvgIpc) is 2.28.